The van der Waals surface area contributed by atoms with E-state index in [1.165, 1.54) is 22.4 Å². The minimum absolute atomic E-state index is 0.204. The Kier molecular flexibility index (Phi) is 3.26. The largest absolute Gasteiger partial charge is 0.390 e. The van der Waals surface area contributed by atoms with E-state index in [0.717, 1.165) is 13.0 Å². The van der Waals surface area contributed by atoms with Crippen LogP contribution in [0.2, 0.25) is 0 Å². The fraction of sp³-hybridized carbons (Fsp3) is 0.267. The molecule has 3 heteroatoms. The molecule has 2 aromatic rings. The Bertz CT molecular complexity index is 572. The standard InChI is InChI=1S/C15H16NOS/c17-9-8-16-7-5-12-3-1-2-4-14(12)15(16)13-6-10-18-11-13/h1-4,6,10-11,17H,5,7-9H2/q+1. The van der Waals surface area contributed by atoms with Gasteiger partial charge in [0.25, 0.3) is 0 Å². The van der Waals surface area contributed by atoms with Crippen molar-refractivity contribution < 1.29 is 9.68 Å². The van der Waals surface area contributed by atoms with E-state index in [1.807, 2.05) is 0 Å². The van der Waals surface area contributed by atoms with Gasteiger partial charge in [-0.3, -0.25) is 0 Å². The average molecular weight is 258 g/mol. The lowest BCUT2D eigenvalue weighted by Gasteiger charge is -2.17. The van der Waals surface area contributed by atoms with Gasteiger partial charge in [0.2, 0.25) is 5.71 Å². The average Bonchev–Trinajstić information content (AvgIpc) is 2.92. The minimum Gasteiger partial charge on any atom is -0.390 e. The second-order valence-electron chi connectivity index (χ2n) is 4.48. The molecule has 0 aliphatic carbocycles. The topological polar surface area (TPSA) is 23.2 Å². The van der Waals surface area contributed by atoms with Crippen LogP contribution in [-0.4, -0.2) is 35.1 Å². The van der Waals surface area contributed by atoms with Crippen LogP contribution < -0.4 is 0 Å². The smallest absolute Gasteiger partial charge is 0.215 e. The fourth-order valence-corrected chi connectivity index (χ4v) is 3.23. The Morgan fingerprint density at radius 3 is 2.89 bits per heavy atom. The maximum atomic E-state index is 9.23. The van der Waals surface area contributed by atoms with Crippen molar-refractivity contribution in [1.29, 1.82) is 0 Å². The third-order valence-corrected chi connectivity index (χ3v) is 4.09. The molecule has 0 spiro atoms. The van der Waals surface area contributed by atoms with E-state index in [0.29, 0.717) is 6.54 Å². The van der Waals surface area contributed by atoms with E-state index < -0.39 is 0 Å². The highest BCUT2D eigenvalue weighted by Crippen LogP contribution is 2.21. The highest BCUT2D eigenvalue weighted by molar-refractivity contribution is 7.08. The van der Waals surface area contributed by atoms with Crippen LogP contribution in [0.3, 0.4) is 0 Å². The van der Waals surface area contributed by atoms with Crippen LogP contribution in [0.1, 0.15) is 16.7 Å². The lowest BCUT2D eigenvalue weighted by molar-refractivity contribution is -0.530. The molecule has 18 heavy (non-hydrogen) atoms. The van der Waals surface area contributed by atoms with Crippen LogP contribution >= 0.6 is 11.3 Å². The molecular weight excluding hydrogens is 242 g/mol. The van der Waals surface area contributed by atoms with E-state index in [2.05, 4.69) is 45.7 Å². The minimum atomic E-state index is 0.204. The summed E-state index contributed by atoms with van der Waals surface area (Å²) in [6.45, 7) is 1.90. The molecule has 2 heterocycles. The first-order valence-corrected chi connectivity index (χ1v) is 7.18. The number of thiophene rings is 1. The third kappa shape index (κ3) is 2.00. The van der Waals surface area contributed by atoms with Crippen LogP contribution in [0, 0.1) is 0 Å². The van der Waals surface area contributed by atoms with Crippen molar-refractivity contribution in [2.75, 3.05) is 19.7 Å². The zero-order valence-corrected chi connectivity index (χ0v) is 11.0. The Labute approximate surface area is 111 Å². The van der Waals surface area contributed by atoms with Crippen molar-refractivity contribution in [3.63, 3.8) is 0 Å². The zero-order chi connectivity index (χ0) is 12.4. The normalized spacial score (nSPS) is 14.7. The first kappa shape index (κ1) is 11.6. The summed E-state index contributed by atoms with van der Waals surface area (Å²) in [6, 6.07) is 10.7. The molecule has 1 aliphatic rings. The Morgan fingerprint density at radius 1 is 1.22 bits per heavy atom. The molecule has 0 radical (unpaired) electrons. The summed E-state index contributed by atoms with van der Waals surface area (Å²) in [6.07, 6.45) is 1.06. The van der Waals surface area contributed by atoms with Gasteiger partial charge in [-0.15, -0.1) is 0 Å². The molecule has 0 unspecified atom stereocenters. The first-order valence-electron chi connectivity index (χ1n) is 6.24. The summed E-state index contributed by atoms with van der Waals surface area (Å²) in [5.74, 6) is 0. The molecule has 0 saturated heterocycles. The predicted octanol–water partition coefficient (Wildman–Crippen LogP) is 2.15. The monoisotopic (exact) mass is 258 g/mol. The summed E-state index contributed by atoms with van der Waals surface area (Å²) < 4.78 is 2.30. The summed E-state index contributed by atoms with van der Waals surface area (Å²) in [7, 11) is 0. The van der Waals surface area contributed by atoms with Crippen molar-refractivity contribution in [3.8, 4) is 0 Å². The molecule has 0 amide bonds. The van der Waals surface area contributed by atoms with Crippen molar-refractivity contribution in [1.82, 2.24) is 0 Å². The SMILES string of the molecule is OCC[N+]1=C(c2ccsc2)c2ccccc2CC1. The van der Waals surface area contributed by atoms with Crippen molar-refractivity contribution in [3.05, 3.63) is 57.8 Å². The third-order valence-electron chi connectivity index (χ3n) is 3.40. The van der Waals surface area contributed by atoms with Crippen LogP contribution in [0.4, 0.5) is 0 Å². The van der Waals surface area contributed by atoms with Crippen molar-refractivity contribution in [2.45, 2.75) is 6.42 Å². The Morgan fingerprint density at radius 2 is 2.11 bits per heavy atom. The van der Waals surface area contributed by atoms with Crippen LogP contribution in [0.15, 0.2) is 41.1 Å². The molecule has 1 aliphatic heterocycles. The van der Waals surface area contributed by atoms with E-state index in [1.54, 1.807) is 11.3 Å². The van der Waals surface area contributed by atoms with E-state index >= 15 is 0 Å². The van der Waals surface area contributed by atoms with Crippen LogP contribution in [0.25, 0.3) is 0 Å². The van der Waals surface area contributed by atoms with Crippen molar-refractivity contribution in [2.24, 2.45) is 0 Å². The number of rotatable bonds is 3. The van der Waals surface area contributed by atoms with E-state index in [4.69, 9.17) is 0 Å². The maximum absolute atomic E-state index is 9.23. The number of nitrogens with zero attached hydrogens (tertiary/aromatic N) is 1. The predicted molar refractivity (Wildman–Crippen MR) is 74.8 cm³/mol. The van der Waals surface area contributed by atoms with Gasteiger partial charge in [0.15, 0.2) is 6.54 Å². The second kappa shape index (κ2) is 5.04. The molecule has 0 atom stereocenters. The summed E-state index contributed by atoms with van der Waals surface area (Å²) in [5, 5.41) is 13.5. The van der Waals surface area contributed by atoms with Crippen LogP contribution in [-0.2, 0) is 6.42 Å². The number of hydrogen-bond donors (Lipinski definition) is 1. The molecule has 1 aromatic heterocycles. The van der Waals surface area contributed by atoms with Gasteiger partial charge < -0.3 is 5.11 Å². The van der Waals surface area contributed by atoms with Gasteiger partial charge in [0.1, 0.15) is 13.2 Å². The van der Waals surface area contributed by atoms with Gasteiger partial charge >= 0.3 is 0 Å². The van der Waals surface area contributed by atoms with Crippen molar-refractivity contribution >= 4 is 17.0 Å². The molecule has 0 fully saturated rings. The zero-order valence-electron chi connectivity index (χ0n) is 10.2. The molecule has 0 bridgehead atoms. The first-order chi connectivity index (χ1) is 8.90. The maximum Gasteiger partial charge on any atom is 0.215 e. The number of benzene rings is 1. The Hall–Kier alpha value is -1.45. The van der Waals surface area contributed by atoms with Gasteiger partial charge in [0, 0.05) is 17.4 Å². The molecule has 2 nitrogen and oxygen atoms in total. The fourth-order valence-electron chi connectivity index (χ4n) is 2.59. The Balaban J connectivity index is 2.17. The summed E-state index contributed by atoms with van der Waals surface area (Å²) >= 11 is 1.72. The summed E-state index contributed by atoms with van der Waals surface area (Å²) in [4.78, 5) is 0. The number of fused-ring (bicyclic) bond motifs is 1. The van der Waals surface area contributed by atoms with Gasteiger partial charge in [-0.2, -0.15) is 11.3 Å². The lowest BCUT2D eigenvalue weighted by Crippen LogP contribution is -2.32. The number of aliphatic hydroxyl groups is 1. The molecule has 3 rings (SSSR count). The van der Waals surface area contributed by atoms with Gasteiger partial charge in [-0.1, -0.05) is 18.2 Å². The number of hydrogen-bond acceptors (Lipinski definition) is 2. The van der Waals surface area contributed by atoms with Gasteiger partial charge in [-0.25, -0.2) is 4.58 Å². The van der Waals surface area contributed by atoms with Crippen LogP contribution in [0.5, 0.6) is 0 Å². The van der Waals surface area contributed by atoms with E-state index in [-0.39, 0.29) is 6.61 Å². The molecular formula is C15H16NOS+. The highest BCUT2D eigenvalue weighted by Gasteiger charge is 2.26. The van der Waals surface area contributed by atoms with Gasteiger partial charge in [-0.05, 0) is 23.1 Å². The molecule has 0 saturated carbocycles. The lowest BCUT2D eigenvalue weighted by atomic mass is 9.94. The summed E-state index contributed by atoms with van der Waals surface area (Å²) in [5.41, 5.74) is 5.26. The highest BCUT2D eigenvalue weighted by atomic mass is 32.1. The quantitative estimate of drug-likeness (QED) is 0.838. The molecule has 92 valence electrons. The van der Waals surface area contributed by atoms with Gasteiger partial charge in [0.05, 0.1) is 5.56 Å². The molecule has 1 N–H and O–H groups in total. The van der Waals surface area contributed by atoms with E-state index in [9.17, 15) is 5.11 Å². The number of β-amino-alcohol motifs (C(OH)–C–C–N with tert-alkyl or cyclic N) is 1. The number of aliphatic hydroxyl groups excluding tert-OH is 1. The molecule has 1 aromatic carbocycles. The second-order valence-corrected chi connectivity index (χ2v) is 5.26.